The van der Waals surface area contributed by atoms with Gasteiger partial charge in [0, 0.05) is 13.1 Å². The molecule has 1 saturated heterocycles. The monoisotopic (exact) mass is 238 g/mol. The second-order valence-corrected chi connectivity index (χ2v) is 4.47. The van der Waals surface area contributed by atoms with Gasteiger partial charge in [0.1, 0.15) is 12.4 Å². The van der Waals surface area contributed by atoms with Crippen LogP contribution in [0.3, 0.4) is 0 Å². The molecule has 1 fully saturated rings. The Balaban J connectivity index is 2.19. The van der Waals surface area contributed by atoms with E-state index in [0.717, 1.165) is 5.56 Å². The first kappa shape index (κ1) is 11.9. The number of hydrogen-bond acceptors (Lipinski definition) is 3. The molecule has 0 aromatic heterocycles. The fraction of sp³-hybridized carbons (Fsp3) is 0.417. The van der Waals surface area contributed by atoms with E-state index in [2.05, 4.69) is 0 Å². The number of carbonyl (C=O) groups excluding carboxylic acids is 1. The van der Waals surface area contributed by atoms with Crippen LogP contribution < -0.4 is 5.73 Å². The molecule has 1 amide bonds. The summed E-state index contributed by atoms with van der Waals surface area (Å²) in [7, 11) is 0. The lowest BCUT2D eigenvalue weighted by Crippen LogP contribution is -2.49. The number of nitrogens with two attached hydrogens (primary N) is 1. The molecule has 0 aliphatic carbocycles. The SMILES string of the molecule is CC1(CN)COC(=O)N1Cc1cccc(F)c1. The molecule has 1 unspecified atom stereocenters. The zero-order valence-electron chi connectivity index (χ0n) is 9.65. The summed E-state index contributed by atoms with van der Waals surface area (Å²) in [4.78, 5) is 13.1. The number of rotatable bonds is 3. The molecule has 17 heavy (non-hydrogen) atoms. The minimum Gasteiger partial charge on any atom is -0.447 e. The van der Waals surface area contributed by atoms with Crippen molar-refractivity contribution in [1.29, 1.82) is 0 Å². The molecule has 2 rings (SSSR count). The Bertz CT molecular complexity index is 438. The fourth-order valence-electron chi connectivity index (χ4n) is 1.84. The molecule has 2 N–H and O–H groups in total. The molecule has 5 heteroatoms. The van der Waals surface area contributed by atoms with Gasteiger partial charge in [-0.3, -0.25) is 4.90 Å². The molecular formula is C12H15FN2O2. The lowest BCUT2D eigenvalue weighted by molar-refractivity contribution is 0.151. The van der Waals surface area contributed by atoms with Crippen molar-refractivity contribution in [3.05, 3.63) is 35.6 Å². The third-order valence-electron chi connectivity index (χ3n) is 3.05. The maximum absolute atomic E-state index is 13.1. The molecule has 1 aromatic rings. The van der Waals surface area contributed by atoms with Gasteiger partial charge in [0.25, 0.3) is 0 Å². The van der Waals surface area contributed by atoms with Crippen LogP contribution in [0.4, 0.5) is 9.18 Å². The Hall–Kier alpha value is -1.62. The van der Waals surface area contributed by atoms with E-state index in [0.29, 0.717) is 13.1 Å². The molecule has 1 atom stereocenters. The maximum Gasteiger partial charge on any atom is 0.410 e. The average Bonchev–Trinajstić information content (AvgIpc) is 2.58. The Kier molecular flexibility index (Phi) is 3.02. The van der Waals surface area contributed by atoms with E-state index in [9.17, 15) is 9.18 Å². The fourth-order valence-corrected chi connectivity index (χ4v) is 1.84. The highest BCUT2D eigenvalue weighted by atomic mass is 19.1. The standard InChI is InChI=1S/C12H15FN2O2/c1-12(7-14)8-17-11(16)15(12)6-9-3-2-4-10(13)5-9/h2-5H,6-8,14H2,1H3. The first-order valence-corrected chi connectivity index (χ1v) is 5.44. The van der Waals surface area contributed by atoms with Crippen LogP contribution in [0.5, 0.6) is 0 Å². The number of cyclic esters (lactones) is 1. The molecule has 1 aromatic carbocycles. The van der Waals surface area contributed by atoms with Gasteiger partial charge in [-0.25, -0.2) is 9.18 Å². The number of hydrogen-bond donors (Lipinski definition) is 1. The van der Waals surface area contributed by atoms with Crippen LogP contribution in [0.1, 0.15) is 12.5 Å². The summed E-state index contributed by atoms with van der Waals surface area (Å²) >= 11 is 0. The van der Waals surface area contributed by atoms with E-state index in [1.54, 1.807) is 17.0 Å². The number of halogens is 1. The second-order valence-electron chi connectivity index (χ2n) is 4.47. The van der Waals surface area contributed by atoms with Gasteiger partial charge in [0.05, 0.1) is 5.54 Å². The van der Waals surface area contributed by atoms with Gasteiger partial charge in [-0.15, -0.1) is 0 Å². The van der Waals surface area contributed by atoms with Gasteiger partial charge < -0.3 is 10.5 Å². The summed E-state index contributed by atoms with van der Waals surface area (Å²) in [6, 6.07) is 6.16. The van der Waals surface area contributed by atoms with E-state index in [1.165, 1.54) is 12.1 Å². The number of nitrogens with zero attached hydrogens (tertiary/aromatic N) is 1. The van der Waals surface area contributed by atoms with Crippen molar-refractivity contribution in [2.75, 3.05) is 13.2 Å². The third-order valence-corrected chi connectivity index (χ3v) is 3.05. The van der Waals surface area contributed by atoms with Crippen molar-refractivity contribution in [2.24, 2.45) is 5.73 Å². The Morgan fingerprint density at radius 2 is 2.35 bits per heavy atom. The van der Waals surface area contributed by atoms with Gasteiger partial charge in [0.15, 0.2) is 0 Å². The molecule has 1 aliphatic heterocycles. The molecular weight excluding hydrogens is 223 g/mol. The average molecular weight is 238 g/mol. The Labute approximate surface area is 99.2 Å². The summed E-state index contributed by atoms with van der Waals surface area (Å²) in [6.45, 7) is 2.76. The van der Waals surface area contributed by atoms with Gasteiger partial charge >= 0.3 is 6.09 Å². The van der Waals surface area contributed by atoms with Gasteiger partial charge in [-0.05, 0) is 24.6 Å². The van der Waals surface area contributed by atoms with E-state index < -0.39 is 11.6 Å². The van der Waals surface area contributed by atoms with Crippen molar-refractivity contribution in [3.63, 3.8) is 0 Å². The largest absolute Gasteiger partial charge is 0.447 e. The molecule has 0 bridgehead atoms. The van der Waals surface area contributed by atoms with Crippen LogP contribution in [0.2, 0.25) is 0 Å². The maximum atomic E-state index is 13.1. The molecule has 0 radical (unpaired) electrons. The molecule has 92 valence electrons. The van der Waals surface area contributed by atoms with Crippen molar-refractivity contribution in [1.82, 2.24) is 4.90 Å². The van der Waals surface area contributed by atoms with Crippen LogP contribution in [0.15, 0.2) is 24.3 Å². The van der Waals surface area contributed by atoms with Crippen LogP contribution in [-0.2, 0) is 11.3 Å². The number of ether oxygens (including phenoxy) is 1. The topological polar surface area (TPSA) is 55.6 Å². The molecule has 0 saturated carbocycles. The van der Waals surface area contributed by atoms with Crippen molar-refractivity contribution in [3.8, 4) is 0 Å². The Morgan fingerprint density at radius 1 is 1.59 bits per heavy atom. The minimum absolute atomic E-state index is 0.275. The van der Waals surface area contributed by atoms with E-state index in [1.807, 2.05) is 6.92 Å². The van der Waals surface area contributed by atoms with Crippen LogP contribution >= 0.6 is 0 Å². The molecule has 4 nitrogen and oxygen atoms in total. The predicted molar refractivity (Wildman–Crippen MR) is 60.8 cm³/mol. The van der Waals surface area contributed by atoms with Gasteiger partial charge in [-0.2, -0.15) is 0 Å². The first-order chi connectivity index (χ1) is 8.05. The number of carbonyl (C=O) groups is 1. The van der Waals surface area contributed by atoms with Crippen molar-refractivity contribution in [2.45, 2.75) is 19.0 Å². The van der Waals surface area contributed by atoms with E-state index >= 15 is 0 Å². The second kappa shape index (κ2) is 4.33. The van der Waals surface area contributed by atoms with Crippen molar-refractivity contribution < 1.29 is 13.9 Å². The number of amides is 1. The van der Waals surface area contributed by atoms with Crippen molar-refractivity contribution >= 4 is 6.09 Å². The Morgan fingerprint density at radius 3 is 3.00 bits per heavy atom. The van der Waals surface area contributed by atoms with E-state index in [-0.39, 0.29) is 12.4 Å². The summed E-state index contributed by atoms with van der Waals surface area (Å²) in [6.07, 6.45) is -0.401. The van der Waals surface area contributed by atoms with Crippen LogP contribution in [0.25, 0.3) is 0 Å². The lowest BCUT2D eigenvalue weighted by Gasteiger charge is -2.30. The first-order valence-electron chi connectivity index (χ1n) is 5.44. The summed E-state index contributed by atoms with van der Waals surface area (Å²) < 4.78 is 18.0. The van der Waals surface area contributed by atoms with Gasteiger partial charge in [0.2, 0.25) is 0 Å². The molecule has 1 heterocycles. The third kappa shape index (κ3) is 2.24. The zero-order chi connectivity index (χ0) is 12.5. The highest BCUT2D eigenvalue weighted by Gasteiger charge is 2.42. The molecule has 0 spiro atoms. The summed E-state index contributed by atoms with van der Waals surface area (Å²) in [5.41, 5.74) is 5.87. The zero-order valence-corrected chi connectivity index (χ0v) is 9.65. The van der Waals surface area contributed by atoms with Crippen LogP contribution in [0, 0.1) is 5.82 Å². The van der Waals surface area contributed by atoms with E-state index in [4.69, 9.17) is 10.5 Å². The quantitative estimate of drug-likeness (QED) is 0.868. The highest BCUT2D eigenvalue weighted by molar-refractivity contribution is 5.71. The number of benzene rings is 1. The smallest absolute Gasteiger partial charge is 0.410 e. The minimum atomic E-state index is -0.511. The van der Waals surface area contributed by atoms with Gasteiger partial charge in [-0.1, -0.05) is 12.1 Å². The predicted octanol–water partition coefficient (Wildman–Crippen LogP) is 1.50. The normalized spacial score (nSPS) is 23.9. The summed E-state index contributed by atoms with van der Waals surface area (Å²) in [5, 5.41) is 0. The summed E-state index contributed by atoms with van der Waals surface area (Å²) in [5.74, 6) is -0.315. The highest BCUT2D eigenvalue weighted by Crippen LogP contribution is 2.25. The molecule has 1 aliphatic rings. The lowest BCUT2D eigenvalue weighted by atomic mass is 10.0. The van der Waals surface area contributed by atoms with Crippen LogP contribution in [-0.4, -0.2) is 29.7 Å².